The van der Waals surface area contributed by atoms with E-state index in [0.29, 0.717) is 23.7 Å². The van der Waals surface area contributed by atoms with Crippen molar-refractivity contribution < 1.29 is 13.9 Å². The highest BCUT2D eigenvalue weighted by Crippen LogP contribution is 2.26. The lowest BCUT2D eigenvalue weighted by Crippen LogP contribution is -2.18. The summed E-state index contributed by atoms with van der Waals surface area (Å²) in [6.07, 6.45) is 3.49. The molecule has 4 rings (SSSR count). The van der Waals surface area contributed by atoms with Gasteiger partial charge in [-0.25, -0.2) is 4.68 Å². The van der Waals surface area contributed by atoms with Crippen molar-refractivity contribution in [3.05, 3.63) is 76.6 Å². The van der Waals surface area contributed by atoms with Gasteiger partial charge in [0.1, 0.15) is 17.2 Å². The number of aromatic nitrogens is 2. The maximum atomic E-state index is 12.6. The smallest absolute Gasteiger partial charge is 0.230 e. The zero-order valence-corrected chi connectivity index (χ0v) is 16.8. The number of methoxy groups -OCH3 is 1. The Morgan fingerprint density at radius 3 is 2.89 bits per heavy atom. The maximum Gasteiger partial charge on any atom is 0.230 e. The zero-order chi connectivity index (χ0) is 19.5. The Morgan fingerprint density at radius 2 is 2.07 bits per heavy atom. The first-order valence-corrected chi connectivity index (χ1v) is 9.52. The van der Waals surface area contributed by atoms with Crippen molar-refractivity contribution >= 4 is 38.6 Å². The van der Waals surface area contributed by atoms with Gasteiger partial charge in [-0.05, 0) is 23.8 Å². The van der Waals surface area contributed by atoms with Gasteiger partial charge in [0.05, 0.1) is 32.5 Å². The molecule has 4 aromatic rings. The van der Waals surface area contributed by atoms with E-state index in [1.165, 1.54) is 0 Å². The second kappa shape index (κ2) is 7.90. The molecule has 0 fully saturated rings. The van der Waals surface area contributed by atoms with Crippen LogP contribution in [0, 0.1) is 0 Å². The van der Waals surface area contributed by atoms with Crippen LogP contribution in [0.2, 0.25) is 0 Å². The van der Waals surface area contributed by atoms with Gasteiger partial charge in [0.2, 0.25) is 5.91 Å². The Balaban J connectivity index is 1.48. The largest absolute Gasteiger partial charge is 0.497 e. The van der Waals surface area contributed by atoms with Crippen molar-refractivity contribution in [1.29, 1.82) is 0 Å². The fraction of sp³-hybridized carbons (Fsp3) is 0.143. The lowest BCUT2D eigenvalue weighted by Gasteiger charge is -2.10. The molecule has 0 aliphatic heterocycles. The molecule has 0 unspecified atom stereocenters. The number of hydrogen-bond acceptors (Lipinski definition) is 4. The molecule has 0 saturated carbocycles. The van der Waals surface area contributed by atoms with Crippen LogP contribution in [0.1, 0.15) is 11.1 Å². The minimum Gasteiger partial charge on any atom is -0.497 e. The minimum absolute atomic E-state index is 0.132. The molecule has 0 aliphatic carbocycles. The minimum atomic E-state index is -0.132. The fourth-order valence-corrected chi connectivity index (χ4v) is 3.45. The molecular weight excluding hydrogens is 422 g/mol. The van der Waals surface area contributed by atoms with Gasteiger partial charge in [-0.1, -0.05) is 34.1 Å². The molecule has 0 saturated heterocycles. The molecule has 0 aliphatic rings. The molecule has 0 atom stereocenters. The van der Waals surface area contributed by atoms with Crippen molar-refractivity contribution in [3.63, 3.8) is 0 Å². The van der Waals surface area contributed by atoms with Gasteiger partial charge in [0.15, 0.2) is 0 Å². The summed E-state index contributed by atoms with van der Waals surface area (Å²) in [6.45, 7) is 0.554. The molecule has 0 radical (unpaired) electrons. The van der Waals surface area contributed by atoms with Crippen molar-refractivity contribution in [3.8, 4) is 5.75 Å². The number of halogens is 1. The second-order valence-electron chi connectivity index (χ2n) is 6.31. The molecule has 0 bridgehead atoms. The summed E-state index contributed by atoms with van der Waals surface area (Å²) >= 11 is 3.54. The Morgan fingerprint density at radius 1 is 1.21 bits per heavy atom. The summed E-state index contributed by atoms with van der Waals surface area (Å²) in [7, 11) is 1.61. The molecule has 1 amide bonds. The van der Waals surface area contributed by atoms with Gasteiger partial charge in [0, 0.05) is 27.6 Å². The normalized spacial score (nSPS) is 10.9. The number of benzene rings is 2. The van der Waals surface area contributed by atoms with Gasteiger partial charge in [-0.2, -0.15) is 5.10 Å². The van der Waals surface area contributed by atoms with Crippen LogP contribution in [0.5, 0.6) is 5.75 Å². The zero-order valence-electron chi connectivity index (χ0n) is 15.2. The summed E-state index contributed by atoms with van der Waals surface area (Å²) in [5.74, 6) is 1.23. The van der Waals surface area contributed by atoms with Gasteiger partial charge in [-0.15, -0.1) is 0 Å². The first-order valence-electron chi connectivity index (χ1n) is 8.73. The molecule has 7 heteroatoms. The number of hydrogen-bond donors (Lipinski definition) is 1. The van der Waals surface area contributed by atoms with E-state index >= 15 is 0 Å². The molecule has 0 spiro atoms. The van der Waals surface area contributed by atoms with E-state index < -0.39 is 0 Å². The van der Waals surface area contributed by atoms with Crippen LogP contribution >= 0.6 is 15.9 Å². The molecule has 2 aromatic heterocycles. The summed E-state index contributed by atoms with van der Waals surface area (Å²) in [5, 5.41) is 8.16. The molecule has 1 N–H and O–H groups in total. The molecule has 2 aromatic carbocycles. The Hall–Kier alpha value is -3.06. The number of carbonyl (C=O) groups is 1. The van der Waals surface area contributed by atoms with E-state index in [9.17, 15) is 4.79 Å². The predicted octanol–water partition coefficient (Wildman–Crippen LogP) is 4.63. The van der Waals surface area contributed by atoms with Crippen LogP contribution in [-0.2, 0) is 17.8 Å². The number of nitrogens with zero attached hydrogens (tertiary/aromatic N) is 2. The molecular formula is C21H18BrN3O3. The number of ether oxygens (including phenoxy) is 1. The number of rotatable bonds is 6. The van der Waals surface area contributed by atoms with E-state index in [2.05, 4.69) is 26.3 Å². The van der Waals surface area contributed by atoms with Crippen molar-refractivity contribution in [2.45, 2.75) is 13.0 Å². The predicted molar refractivity (Wildman–Crippen MR) is 111 cm³/mol. The van der Waals surface area contributed by atoms with Crippen molar-refractivity contribution in [1.82, 2.24) is 9.78 Å². The van der Waals surface area contributed by atoms with Gasteiger partial charge >= 0.3 is 0 Å². The highest BCUT2D eigenvalue weighted by atomic mass is 79.9. The second-order valence-corrected chi connectivity index (χ2v) is 7.17. The third kappa shape index (κ3) is 3.80. The van der Waals surface area contributed by atoms with Crippen LogP contribution in [0.25, 0.3) is 11.0 Å². The average molecular weight is 440 g/mol. The Bertz CT molecular complexity index is 1130. The van der Waals surface area contributed by atoms with E-state index in [1.54, 1.807) is 30.3 Å². The van der Waals surface area contributed by atoms with Crippen LogP contribution in [-0.4, -0.2) is 22.8 Å². The summed E-state index contributed by atoms with van der Waals surface area (Å²) in [5.41, 5.74) is 2.60. The van der Waals surface area contributed by atoms with Crippen molar-refractivity contribution in [2.24, 2.45) is 0 Å². The third-order valence-corrected chi connectivity index (χ3v) is 5.25. The van der Waals surface area contributed by atoms with E-state index in [1.807, 2.05) is 42.5 Å². The summed E-state index contributed by atoms with van der Waals surface area (Å²) < 4.78 is 13.5. The number of nitrogens with one attached hydrogen (secondary N) is 1. The molecule has 142 valence electrons. The maximum absolute atomic E-state index is 12.6. The van der Waals surface area contributed by atoms with E-state index in [4.69, 9.17) is 9.15 Å². The number of carbonyl (C=O) groups excluding carboxylic acids is 1. The van der Waals surface area contributed by atoms with E-state index in [0.717, 1.165) is 21.0 Å². The Kier molecular flexibility index (Phi) is 5.16. The molecule has 6 nitrogen and oxygen atoms in total. The first kappa shape index (κ1) is 18.3. The monoisotopic (exact) mass is 439 g/mol. The fourth-order valence-electron chi connectivity index (χ4n) is 3.04. The van der Waals surface area contributed by atoms with Crippen LogP contribution < -0.4 is 10.1 Å². The molecule has 2 heterocycles. The summed E-state index contributed by atoms with van der Waals surface area (Å²) in [4.78, 5) is 12.6. The van der Waals surface area contributed by atoms with Gasteiger partial charge in [0.25, 0.3) is 0 Å². The summed E-state index contributed by atoms with van der Waals surface area (Å²) in [6, 6.07) is 15.3. The lowest BCUT2D eigenvalue weighted by molar-refractivity contribution is -0.115. The highest BCUT2D eigenvalue weighted by Gasteiger charge is 2.13. The standard InChI is InChI=1S/C21H18BrN3O3/c1-27-16-6-7-17-15(13-28-19(17)11-16)10-21(26)24-20-8-9-23-25(20)12-14-4-2-3-5-18(14)22/h2-9,11,13H,10,12H2,1H3,(H,24,26). The first-order chi connectivity index (χ1) is 13.6. The number of fused-ring (bicyclic) bond motifs is 1. The van der Waals surface area contributed by atoms with Crippen LogP contribution in [0.4, 0.5) is 5.82 Å². The Labute approximate surface area is 170 Å². The highest BCUT2D eigenvalue weighted by molar-refractivity contribution is 9.10. The van der Waals surface area contributed by atoms with Gasteiger partial charge < -0.3 is 14.5 Å². The average Bonchev–Trinajstić information content (AvgIpc) is 3.30. The van der Waals surface area contributed by atoms with Gasteiger partial charge in [-0.3, -0.25) is 4.79 Å². The quantitative estimate of drug-likeness (QED) is 0.475. The lowest BCUT2D eigenvalue weighted by atomic mass is 10.1. The number of amides is 1. The number of furan rings is 1. The third-order valence-electron chi connectivity index (χ3n) is 4.48. The van der Waals surface area contributed by atoms with E-state index in [-0.39, 0.29) is 12.3 Å². The van der Waals surface area contributed by atoms with Crippen molar-refractivity contribution in [2.75, 3.05) is 12.4 Å². The number of anilines is 1. The SMILES string of the molecule is COc1ccc2c(CC(=O)Nc3ccnn3Cc3ccccc3Br)coc2c1. The van der Waals surface area contributed by atoms with Crippen LogP contribution in [0.15, 0.2) is 69.9 Å². The topological polar surface area (TPSA) is 69.3 Å². The molecule has 28 heavy (non-hydrogen) atoms. The van der Waals surface area contributed by atoms with Crippen LogP contribution in [0.3, 0.4) is 0 Å².